The summed E-state index contributed by atoms with van der Waals surface area (Å²) in [6.07, 6.45) is -0.329. The summed E-state index contributed by atoms with van der Waals surface area (Å²) in [5, 5.41) is 50.8. The normalized spacial score (nSPS) is 26.6. The van der Waals surface area contributed by atoms with E-state index in [2.05, 4.69) is 10.2 Å². The third kappa shape index (κ3) is 3.23. The molecule has 0 bridgehead atoms. The van der Waals surface area contributed by atoms with E-state index in [9.17, 15) is 39.6 Å². The zero-order valence-electron chi connectivity index (χ0n) is 18.4. The van der Waals surface area contributed by atoms with Crippen LogP contribution >= 0.6 is 0 Å². The highest BCUT2D eigenvalue weighted by molar-refractivity contribution is 6.22. The molecule has 4 rings (SSSR count). The van der Waals surface area contributed by atoms with E-state index in [1.54, 1.807) is 13.8 Å². The number of benzene rings is 1. The number of aromatic hydroxyl groups is 1. The molecule has 1 aromatic carbocycles. The smallest absolute Gasteiger partial charge is 0.267 e. The van der Waals surface area contributed by atoms with Crippen LogP contribution in [0.1, 0.15) is 37.8 Å². The number of phenols is 1. The molecule has 1 saturated carbocycles. The number of hydrogen-bond donors (Lipinski definition) is 5. The summed E-state index contributed by atoms with van der Waals surface area (Å²) in [5.41, 5.74) is 1.88. The van der Waals surface area contributed by atoms with Crippen LogP contribution in [0.3, 0.4) is 0 Å². The van der Waals surface area contributed by atoms with Crippen molar-refractivity contribution in [1.29, 1.82) is 0 Å². The molecular weight excluding hydrogens is 446 g/mol. The molecule has 2 amide bonds. The van der Waals surface area contributed by atoms with Gasteiger partial charge in [-0.15, -0.1) is 10.2 Å². The van der Waals surface area contributed by atoms with Crippen LogP contribution < -0.4 is 5.73 Å². The van der Waals surface area contributed by atoms with Crippen LogP contribution in [0.4, 0.5) is 5.69 Å². The number of azo groups is 1. The summed E-state index contributed by atoms with van der Waals surface area (Å²) >= 11 is 0. The quantitative estimate of drug-likeness (QED) is 0.325. The Morgan fingerprint density at radius 2 is 1.82 bits per heavy atom. The molecule has 0 unspecified atom stereocenters. The molecule has 0 radical (unpaired) electrons. The Hall–Kier alpha value is -3.86. The van der Waals surface area contributed by atoms with Gasteiger partial charge in [-0.25, -0.2) is 0 Å². The molecule has 11 nitrogen and oxygen atoms in total. The van der Waals surface area contributed by atoms with Crippen LogP contribution in [0.15, 0.2) is 39.3 Å². The first-order chi connectivity index (χ1) is 15.9. The molecule has 3 aliphatic rings. The standard InChI is InChI=1S/C23H23N3O8/c1-8(2)22(33)26-25-12-3-4-13(27)16-11(12)6-9-5-10-7-14(28)17(21(24)32)20(31)23(10,34)19(30)15(9)18(16)29/h3-4,8-10,27,29,31,34H,5-7H2,1-2H3,(H2,24,32)/t9-,10+,23+/m1/s1. The van der Waals surface area contributed by atoms with Crippen molar-refractivity contribution in [3.8, 4) is 5.75 Å². The van der Waals surface area contributed by atoms with Crippen molar-refractivity contribution in [1.82, 2.24) is 0 Å². The molecule has 1 aromatic rings. The average Bonchev–Trinajstić information content (AvgIpc) is 2.75. The lowest BCUT2D eigenvalue weighted by Gasteiger charge is -2.46. The Balaban J connectivity index is 1.87. The predicted octanol–water partition coefficient (Wildman–Crippen LogP) is 1.69. The molecular formula is C23H23N3O8. The first kappa shape index (κ1) is 23.3. The third-order valence-corrected chi connectivity index (χ3v) is 6.67. The van der Waals surface area contributed by atoms with E-state index in [0.717, 1.165) is 0 Å². The van der Waals surface area contributed by atoms with Gasteiger partial charge in [0.25, 0.3) is 11.8 Å². The zero-order valence-corrected chi connectivity index (χ0v) is 18.4. The molecule has 0 spiro atoms. The lowest BCUT2D eigenvalue weighted by molar-refractivity contribution is -0.147. The summed E-state index contributed by atoms with van der Waals surface area (Å²) in [6, 6.07) is 2.64. The lowest BCUT2D eigenvalue weighted by Crippen LogP contribution is -2.58. The van der Waals surface area contributed by atoms with Gasteiger partial charge in [0.1, 0.15) is 22.8 Å². The van der Waals surface area contributed by atoms with Crippen LogP contribution in [0.5, 0.6) is 5.75 Å². The maximum Gasteiger partial charge on any atom is 0.267 e. The van der Waals surface area contributed by atoms with Gasteiger partial charge >= 0.3 is 0 Å². The zero-order chi connectivity index (χ0) is 25.1. The van der Waals surface area contributed by atoms with E-state index >= 15 is 0 Å². The second kappa shape index (κ2) is 7.87. The van der Waals surface area contributed by atoms with Crippen molar-refractivity contribution < 1.29 is 39.6 Å². The van der Waals surface area contributed by atoms with Gasteiger partial charge < -0.3 is 26.2 Å². The maximum atomic E-state index is 13.4. The number of fused-ring (bicyclic) bond motifs is 3. The van der Waals surface area contributed by atoms with Gasteiger partial charge in [0.15, 0.2) is 11.4 Å². The number of Topliss-reactive ketones (excluding diaryl/α,β-unsaturated/α-hetero) is 2. The topological polar surface area (TPSA) is 200 Å². The lowest BCUT2D eigenvalue weighted by atomic mass is 9.59. The van der Waals surface area contributed by atoms with Crippen molar-refractivity contribution in [3.63, 3.8) is 0 Å². The Bertz CT molecular complexity index is 1260. The van der Waals surface area contributed by atoms with Crippen molar-refractivity contribution in [2.45, 2.75) is 38.7 Å². The minimum absolute atomic E-state index is 0.0000783. The van der Waals surface area contributed by atoms with Crippen LogP contribution in [-0.4, -0.2) is 49.4 Å². The van der Waals surface area contributed by atoms with Crippen molar-refractivity contribution >= 4 is 34.8 Å². The molecule has 1 fully saturated rings. The fourth-order valence-corrected chi connectivity index (χ4v) is 4.92. The van der Waals surface area contributed by atoms with E-state index in [1.807, 2.05) is 0 Å². The number of nitrogens with zero attached hydrogens (tertiary/aromatic N) is 2. The summed E-state index contributed by atoms with van der Waals surface area (Å²) in [6.45, 7) is 3.31. The van der Waals surface area contributed by atoms with Gasteiger partial charge in [-0.05, 0) is 36.5 Å². The number of rotatable bonds is 3. The molecule has 0 aromatic heterocycles. The van der Waals surface area contributed by atoms with Crippen molar-refractivity contribution in [2.75, 3.05) is 0 Å². The predicted molar refractivity (Wildman–Crippen MR) is 116 cm³/mol. The molecule has 0 heterocycles. The van der Waals surface area contributed by atoms with Crippen LogP contribution in [0.25, 0.3) is 5.76 Å². The van der Waals surface area contributed by atoms with Crippen molar-refractivity contribution in [3.05, 3.63) is 40.2 Å². The first-order valence-electron chi connectivity index (χ1n) is 10.7. The highest BCUT2D eigenvalue weighted by Crippen LogP contribution is 2.53. The van der Waals surface area contributed by atoms with Crippen LogP contribution in [-0.2, 0) is 25.6 Å². The number of amides is 2. The Morgan fingerprint density at radius 3 is 2.44 bits per heavy atom. The number of carbonyl (C=O) groups is 4. The molecule has 0 aliphatic heterocycles. The summed E-state index contributed by atoms with van der Waals surface area (Å²) in [4.78, 5) is 49.3. The molecule has 6 N–H and O–H groups in total. The molecule has 3 aliphatic carbocycles. The monoisotopic (exact) mass is 469 g/mol. The number of phenolic OH excluding ortho intramolecular Hbond substituents is 1. The minimum Gasteiger partial charge on any atom is -0.508 e. The summed E-state index contributed by atoms with van der Waals surface area (Å²) in [5.74, 6) is -7.90. The summed E-state index contributed by atoms with van der Waals surface area (Å²) in [7, 11) is 0. The van der Waals surface area contributed by atoms with Gasteiger partial charge in [0, 0.05) is 23.8 Å². The fraction of sp³-hybridized carbons (Fsp3) is 0.391. The van der Waals surface area contributed by atoms with Crippen LogP contribution in [0, 0.1) is 17.8 Å². The van der Waals surface area contributed by atoms with E-state index < -0.39 is 64.3 Å². The van der Waals surface area contributed by atoms with Gasteiger partial charge in [-0.3, -0.25) is 19.2 Å². The largest absolute Gasteiger partial charge is 0.508 e. The summed E-state index contributed by atoms with van der Waals surface area (Å²) < 4.78 is 0. The second-order valence-electron chi connectivity index (χ2n) is 9.06. The highest BCUT2D eigenvalue weighted by Gasteiger charge is 2.60. The molecule has 11 heteroatoms. The molecule has 0 saturated heterocycles. The van der Waals surface area contributed by atoms with Gasteiger partial charge in [-0.2, -0.15) is 0 Å². The number of carbonyl (C=O) groups excluding carboxylic acids is 4. The molecule has 3 atom stereocenters. The number of nitrogens with two attached hydrogens (primary N) is 1. The number of ketones is 2. The minimum atomic E-state index is -2.62. The second-order valence-corrected chi connectivity index (χ2v) is 9.06. The first-order valence-corrected chi connectivity index (χ1v) is 10.7. The van der Waals surface area contributed by atoms with Gasteiger partial charge in [0.05, 0.1) is 11.3 Å². The third-order valence-electron chi connectivity index (χ3n) is 6.67. The Kier molecular flexibility index (Phi) is 5.40. The average molecular weight is 469 g/mol. The van der Waals surface area contributed by atoms with Crippen LogP contribution in [0.2, 0.25) is 0 Å². The number of aliphatic hydroxyl groups is 3. The van der Waals surface area contributed by atoms with E-state index in [4.69, 9.17) is 5.73 Å². The highest BCUT2D eigenvalue weighted by atomic mass is 16.3. The Labute approximate surface area is 193 Å². The molecule has 34 heavy (non-hydrogen) atoms. The number of aliphatic hydroxyl groups excluding tert-OH is 2. The van der Waals surface area contributed by atoms with Crippen molar-refractivity contribution in [2.24, 2.45) is 33.7 Å². The van der Waals surface area contributed by atoms with E-state index in [1.165, 1.54) is 12.1 Å². The van der Waals surface area contributed by atoms with Gasteiger partial charge in [-0.1, -0.05) is 13.8 Å². The maximum absolute atomic E-state index is 13.4. The fourth-order valence-electron chi connectivity index (χ4n) is 4.92. The Morgan fingerprint density at radius 1 is 1.15 bits per heavy atom. The molecule has 178 valence electrons. The van der Waals surface area contributed by atoms with E-state index in [-0.39, 0.29) is 41.3 Å². The van der Waals surface area contributed by atoms with Gasteiger partial charge in [0.2, 0.25) is 5.78 Å². The number of hydrogen-bond acceptors (Lipinski definition) is 9. The number of primary amides is 1. The SMILES string of the molecule is CC(C)C(=O)N=Nc1ccc(O)c2c1C[C@H]1C[C@H]3CC(=O)C(C(N)=O)=C(O)[C@@]3(O)C(=O)C1=C2O. The van der Waals surface area contributed by atoms with E-state index in [0.29, 0.717) is 5.56 Å².